The number of hydrogen-bond donors (Lipinski definition) is 1. The molecule has 0 radical (unpaired) electrons. The number of carbonyl (C=O) groups is 3. The van der Waals surface area contributed by atoms with Crippen molar-refractivity contribution >= 4 is 29.1 Å². The molecule has 36 heavy (non-hydrogen) atoms. The Balaban J connectivity index is 1.51. The number of ketones is 2. The number of aromatic carboxylic acids is 1. The maximum absolute atomic E-state index is 13.0. The summed E-state index contributed by atoms with van der Waals surface area (Å²) in [7, 11) is 1.50. The minimum Gasteiger partial charge on any atom is -0.493 e. The van der Waals surface area contributed by atoms with Gasteiger partial charge in [0.15, 0.2) is 23.1 Å². The van der Waals surface area contributed by atoms with Crippen LogP contribution < -0.4 is 9.47 Å². The van der Waals surface area contributed by atoms with Crippen LogP contribution in [0.2, 0.25) is 5.02 Å². The van der Waals surface area contributed by atoms with Crippen LogP contribution in [0.15, 0.2) is 59.1 Å². The lowest BCUT2D eigenvalue weighted by Gasteiger charge is -2.36. The van der Waals surface area contributed by atoms with E-state index in [4.69, 9.17) is 30.9 Å². The molecule has 1 N–H and O–H groups in total. The Kier molecular flexibility index (Phi) is 6.58. The second kappa shape index (κ2) is 9.82. The monoisotopic (exact) mass is 508 g/mol. The highest BCUT2D eigenvalue weighted by atomic mass is 35.5. The predicted molar refractivity (Wildman–Crippen MR) is 131 cm³/mol. The second-order valence-electron chi connectivity index (χ2n) is 9.09. The quantitative estimate of drug-likeness (QED) is 0.530. The number of methoxy groups -OCH3 is 1. The van der Waals surface area contributed by atoms with E-state index < -0.39 is 11.9 Å². The van der Waals surface area contributed by atoms with Gasteiger partial charge in [-0.25, -0.2) is 4.79 Å². The second-order valence-corrected chi connectivity index (χ2v) is 9.49. The fourth-order valence-electron chi connectivity index (χ4n) is 5.10. The van der Waals surface area contributed by atoms with Crippen molar-refractivity contribution in [3.8, 4) is 11.5 Å². The third-order valence-corrected chi connectivity index (χ3v) is 7.09. The van der Waals surface area contributed by atoms with E-state index in [1.807, 2.05) is 0 Å². The van der Waals surface area contributed by atoms with Gasteiger partial charge in [0.05, 0.1) is 17.7 Å². The zero-order chi connectivity index (χ0) is 25.4. The van der Waals surface area contributed by atoms with Crippen LogP contribution in [-0.4, -0.2) is 29.8 Å². The summed E-state index contributed by atoms with van der Waals surface area (Å²) < 4.78 is 17.7. The summed E-state index contributed by atoms with van der Waals surface area (Å²) in [6.45, 7) is 0.147. The first-order chi connectivity index (χ1) is 17.4. The Hall–Kier alpha value is -3.58. The lowest BCUT2D eigenvalue weighted by Crippen LogP contribution is -2.30. The van der Waals surface area contributed by atoms with Gasteiger partial charge in [0.2, 0.25) is 0 Å². The molecule has 1 aliphatic heterocycles. The zero-order valence-corrected chi connectivity index (χ0v) is 20.5. The number of allylic oxidation sites excluding steroid dienone is 4. The number of hydrogen-bond acceptors (Lipinski definition) is 6. The van der Waals surface area contributed by atoms with E-state index in [9.17, 15) is 14.4 Å². The molecule has 0 fully saturated rings. The van der Waals surface area contributed by atoms with Crippen LogP contribution in [0.3, 0.4) is 0 Å². The fraction of sp³-hybridized carbons (Fsp3) is 0.321. The SMILES string of the molecule is COc1cc(C2C3=C(CCCC3=O)OC3=C2C(=O)CCC3)cc(Cl)c1OCc1ccc(C(=O)O)cc1. The van der Waals surface area contributed by atoms with Crippen LogP contribution in [0, 0.1) is 0 Å². The van der Waals surface area contributed by atoms with Crippen molar-refractivity contribution in [2.24, 2.45) is 0 Å². The summed E-state index contributed by atoms with van der Waals surface area (Å²) in [6, 6.07) is 9.85. The van der Waals surface area contributed by atoms with Gasteiger partial charge in [0, 0.05) is 42.7 Å². The topological polar surface area (TPSA) is 99.1 Å². The van der Waals surface area contributed by atoms with Gasteiger partial charge in [0.25, 0.3) is 0 Å². The third-order valence-electron chi connectivity index (χ3n) is 6.81. The largest absolute Gasteiger partial charge is 0.493 e. The number of ether oxygens (including phenoxy) is 3. The molecule has 0 saturated heterocycles. The normalized spacial score (nSPS) is 17.9. The van der Waals surface area contributed by atoms with Crippen molar-refractivity contribution in [3.05, 3.63) is 80.8 Å². The average Bonchev–Trinajstić information content (AvgIpc) is 2.87. The first-order valence-corrected chi connectivity index (χ1v) is 12.3. The molecule has 0 atom stereocenters. The maximum atomic E-state index is 13.0. The van der Waals surface area contributed by atoms with Gasteiger partial charge in [0.1, 0.15) is 18.1 Å². The van der Waals surface area contributed by atoms with Gasteiger partial charge in [-0.2, -0.15) is 0 Å². The van der Waals surface area contributed by atoms with Crippen molar-refractivity contribution in [3.63, 3.8) is 0 Å². The molecule has 5 rings (SSSR count). The van der Waals surface area contributed by atoms with Gasteiger partial charge in [-0.1, -0.05) is 23.7 Å². The Morgan fingerprint density at radius 1 is 1.00 bits per heavy atom. The average molecular weight is 509 g/mol. The molecule has 3 aliphatic rings. The van der Waals surface area contributed by atoms with E-state index in [2.05, 4.69) is 0 Å². The van der Waals surface area contributed by atoms with E-state index in [0.717, 1.165) is 18.4 Å². The predicted octanol–water partition coefficient (Wildman–Crippen LogP) is 5.75. The van der Waals surface area contributed by atoms with Crippen molar-refractivity contribution in [1.29, 1.82) is 0 Å². The smallest absolute Gasteiger partial charge is 0.335 e. The molecule has 7 nitrogen and oxygen atoms in total. The Morgan fingerprint density at radius 2 is 1.61 bits per heavy atom. The standard InChI is InChI=1S/C28H25ClO7/c1-34-23-13-17(12-18(29)27(23)35-14-15-8-10-16(11-9-15)28(32)33)24-25-19(30)4-2-6-21(25)36-22-7-3-5-20(31)26(22)24/h8-13,24H,2-7,14H2,1H3,(H,32,33). The molecule has 1 heterocycles. The van der Waals surface area contributed by atoms with Crippen LogP contribution >= 0.6 is 11.6 Å². The number of carbonyl (C=O) groups excluding carboxylic acids is 2. The highest BCUT2D eigenvalue weighted by Crippen LogP contribution is 2.50. The molecule has 0 unspecified atom stereocenters. The van der Waals surface area contributed by atoms with Crippen LogP contribution in [0.25, 0.3) is 0 Å². The molecule has 2 aromatic carbocycles. The summed E-state index contributed by atoms with van der Waals surface area (Å²) in [5.74, 6) is 0.453. The molecule has 2 aromatic rings. The van der Waals surface area contributed by atoms with E-state index in [1.165, 1.54) is 19.2 Å². The third kappa shape index (κ3) is 4.39. The Morgan fingerprint density at radius 3 is 2.17 bits per heavy atom. The number of rotatable bonds is 6. The zero-order valence-electron chi connectivity index (χ0n) is 19.8. The molecule has 0 aromatic heterocycles. The van der Waals surface area contributed by atoms with Crippen LogP contribution in [0.4, 0.5) is 0 Å². The minimum atomic E-state index is -1.000. The van der Waals surface area contributed by atoms with Crippen molar-refractivity contribution in [1.82, 2.24) is 0 Å². The minimum absolute atomic E-state index is 0.00797. The Labute approximate surface area is 213 Å². The van der Waals surface area contributed by atoms with Crippen molar-refractivity contribution in [2.75, 3.05) is 7.11 Å². The number of carboxylic acids is 1. The number of benzene rings is 2. The van der Waals surface area contributed by atoms with E-state index in [1.54, 1.807) is 24.3 Å². The van der Waals surface area contributed by atoms with Crippen molar-refractivity contribution < 1.29 is 33.7 Å². The molecular formula is C28H25ClO7. The lowest BCUT2D eigenvalue weighted by atomic mass is 9.73. The number of carboxylic acid groups (broad SMARTS) is 1. The van der Waals surface area contributed by atoms with Gasteiger partial charge in [-0.15, -0.1) is 0 Å². The summed E-state index contributed by atoms with van der Waals surface area (Å²) in [4.78, 5) is 37.1. The van der Waals surface area contributed by atoms with Crippen LogP contribution in [0.5, 0.6) is 11.5 Å². The van der Waals surface area contributed by atoms with Crippen LogP contribution in [0.1, 0.15) is 65.9 Å². The van der Waals surface area contributed by atoms with E-state index in [0.29, 0.717) is 65.4 Å². The summed E-state index contributed by atoms with van der Waals surface area (Å²) >= 11 is 6.67. The van der Waals surface area contributed by atoms with Gasteiger partial charge < -0.3 is 19.3 Å². The lowest BCUT2D eigenvalue weighted by molar-refractivity contribution is -0.117. The number of Topliss-reactive ketones (excluding diaryl/α,β-unsaturated/α-hetero) is 2. The molecule has 0 saturated carbocycles. The molecule has 2 aliphatic carbocycles. The maximum Gasteiger partial charge on any atom is 0.335 e. The summed E-state index contributed by atoms with van der Waals surface area (Å²) in [5.41, 5.74) is 2.72. The van der Waals surface area contributed by atoms with Gasteiger partial charge in [-0.05, 0) is 48.2 Å². The molecule has 186 valence electrons. The summed E-state index contributed by atoms with van der Waals surface area (Å²) in [6.07, 6.45) is 3.62. The van der Waals surface area contributed by atoms with E-state index >= 15 is 0 Å². The van der Waals surface area contributed by atoms with Gasteiger partial charge >= 0.3 is 5.97 Å². The highest BCUT2D eigenvalue weighted by Gasteiger charge is 2.42. The summed E-state index contributed by atoms with van der Waals surface area (Å²) in [5, 5.41) is 9.36. The molecule has 0 amide bonds. The van der Waals surface area contributed by atoms with Crippen molar-refractivity contribution in [2.45, 2.75) is 51.0 Å². The van der Waals surface area contributed by atoms with Gasteiger partial charge in [-0.3, -0.25) is 9.59 Å². The molecule has 0 bridgehead atoms. The van der Waals surface area contributed by atoms with Crippen LogP contribution in [-0.2, 0) is 20.9 Å². The number of halogens is 1. The first-order valence-electron chi connectivity index (χ1n) is 11.9. The molecule has 8 heteroatoms. The Bertz CT molecular complexity index is 1280. The molecule has 0 spiro atoms. The van der Waals surface area contributed by atoms with E-state index in [-0.39, 0.29) is 28.8 Å². The molecular weight excluding hydrogens is 484 g/mol. The first kappa shape index (κ1) is 24.1. The highest BCUT2D eigenvalue weighted by molar-refractivity contribution is 6.32. The fourth-order valence-corrected chi connectivity index (χ4v) is 5.37.